The van der Waals surface area contributed by atoms with Gasteiger partial charge in [0.1, 0.15) is 5.82 Å². The van der Waals surface area contributed by atoms with Crippen LogP contribution in [0, 0.1) is 5.82 Å². The van der Waals surface area contributed by atoms with Crippen molar-refractivity contribution >= 4 is 15.9 Å². The molecule has 1 aromatic heterocycles. The quantitative estimate of drug-likeness (QED) is 0.674. The summed E-state index contributed by atoms with van der Waals surface area (Å²) < 4.78 is 14.1. The first-order valence-corrected chi connectivity index (χ1v) is 6.29. The summed E-state index contributed by atoms with van der Waals surface area (Å²) in [5.74, 6) is 5.17. The second-order valence-electron chi connectivity index (χ2n) is 3.99. The number of benzene rings is 1. The molecule has 0 radical (unpaired) electrons. The smallest absolute Gasteiger partial charge is 0.141 e. The van der Waals surface area contributed by atoms with Gasteiger partial charge >= 0.3 is 0 Å². The highest BCUT2D eigenvalue weighted by molar-refractivity contribution is 9.10. The van der Waals surface area contributed by atoms with E-state index >= 15 is 0 Å². The average Bonchev–Trinajstić information content (AvgIpc) is 2.36. The van der Waals surface area contributed by atoms with Gasteiger partial charge in [0.05, 0.1) is 12.2 Å². The summed E-state index contributed by atoms with van der Waals surface area (Å²) in [7, 11) is 0. The number of halogens is 2. The number of hydrazine groups is 1. The topological polar surface area (TPSA) is 50.9 Å². The molecule has 1 heterocycles. The van der Waals surface area contributed by atoms with Gasteiger partial charge in [-0.2, -0.15) is 0 Å². The van der Waals surface area contributed by atoms with E-state index in [0.717, 1.165) is 15.6 Å². The minimum Gasteiger partial charge on any atom is -0.271 e. The lowest BCUT2D eigenvalue weighted by atomic mass is 10.0. The van der Waals surface area contributed by atoms with E-state index in [9.17, 15) is 4.39 Å². The van der Waals surface area contributed by atoms with Crippen LogP contribution in [0.2, 0.25) is 0 Å². The number of hydrogen-bond donors (Lipinski definition) is 2. The first-order valence-electron chi connectivity index (χ1n) is 5.50. The van der Waals surface area contributed by atoms with Crippen molar-refractivity contribution in [2.45, 2.75) is 12.5 Å². The van der Waals surface area contributed by atoms with Gasteiger partial charge in [-0.3, -0.25) is 16.3 Å². The van der Waals surface area contributed by atoms with Crippen LogP contribution >= 0.6 is 15.9 Å². The predicted molar refractivity (Wildman–Crippen MR) is 72.1 cm³/mol. The largest absolute Gasteiger partial charge is 0.271 e. The molecule has 1 aromatic carbocycles. The summed E-state index contributed by atoms with van der Waals surface area (Å²) in [5.41, 5.74) is 4.53. The fourth-order valence-corrected chi connectivity index (χ4v) is 2.24. The summed E-state index contributed by atoms with van der Waals surface area (Å²) in [5, 5.41) is 0. The maximum absolute atomic E-state index is 13.1. The molecule has 94 valence electrons. The molecule has 3 N–H and O–H groups in total. The lowest BCUT2D eigenvalue weighted by Crippen LogP contribution is -2.29. The Hall–Kier alpha value is -1.30. The summed E-state index contributed by atoms with van der Waals surface area (Å²) in [6.45, 7) is 0. The van der Waals surface area contributed by atoms with Crippen LogP contribution in [0.25, 0.3) is 0 Å². The first-order chi connectivity index (χ1) is 8.69. The molecule has 3 nitrogen and oxygen atoms in total. The molecule has 2 rings (SSSR count). The van der Waals surface area contributed by atoms with Gasteiger partial charge in [-0.15, -0.1) is 0 Å². The molecule has 0 bridgehead atoms. The molecular formula is C13H13BrFN3. The van der Waals surface area contributed by atoms with E-state index in [0.29, 0.717) is 6.42 Å². The van der Waals surface area contributed by atoms with Crippen LogP contribution in [0.1, 0.15) is 17.2 Å². The van der Waals surface area contributed by atoms with Crippen LogP contribution in [-0.4, -0.2) is 4.98 Å². The van der Waals surface area contributed by atoms with Crippen LogP contribution in [0.4, 0.5) is 4.39 Å². The normalized spacial score (nSPS) is 12.4. The lowest BCUT2D eigenvalue weighted by Gasteiger charge is -2.16. The molecule has 0 spiro atoms. The molecule has 18 heavy (non-hydrogen) atoms. The molecule has 2 aromatic rings. The van der Waals surface area contributed by atoms with E-state index in [1.807, 2.05) is 24.3 Å². The molecular weight excluding hydrogens is 297 g/mol. The van der Waals surface area contributed by atoms with Crippen LogP contribution in [0.5, 0.6) is 0 Å². The Morgan fingerprint density at radius 2 is 2.17 bits per heavy atom. The van der Waals surface area contributed by atoms with Crippen molar-refractivity contribution in [1.29, 1.82) is 0 Å². The number of rotatable bonds is 4. The number of pyridine rings is 1. The van der Waals surface area contributed by atoms with Crippen LogP contribution in [-0.2, 0) is 6.42 Å². The zero-order valence-electron chi connectivity index (χ0n) is 9.61. The number of aromatic nitrogens is 1. The van der Waals surface area contributed by atoms with Crippen molar-refractivity contribution in [1.82, 2.24) is 10.4 Å². The summed E-state index contributed by atoms with van der Waals surface area (Å²) in [6.07, 6.45) is 3.46. The monoisotopic (exact) mass is 309 g/mol. The van der Waals surface area contributed by atoms with Crippen molar-refractivity contribution in [3.05, 3.63) is 64.1 Å². The van der Waals surface area contributed by atoms with Crippen LogP contribution in [0.15, 0.2) is 47.2 Å². The Balaban J connectivity index is 2.19. The molecule has 1 atom stereocenters. The summed E-state index contributed by atoms with van der Waals surface area (Å²) >= 11 is 3.42. The SMILES string of the molecule is NNC(Cc1cccc(Br)c1)c1cncc(F)c1. The van der Waals surface area contributed by atoms with E-state index in [2.05, 4.69) is 26.3 Å². The Bertz CT molecular complexity index is 533. The highest BCUT2D eigenvalue weighted by Gasteiger charge is 2.11. The van der Waals surface area contributed by atoms with Crippen molar-refractivity contribution in [2.75, 3.05) is 0 Å². The second kappa shape index (κ2) is 6.04. The van der Waals surface area contributed by atoms with Gasteiger partial charge in [0.15, 0.2) is 0 Å². The average molecular weight is 310 g/mol. The van der Waals surface area contributed by atoms with Gasteiger partial charge in [0.2, 0.25) is 0 Å². The molecule has 0 saturated heterocycles. The standard InChI is InChI=1S/C13H13BrFN3/c14-11-3-1-2-9(4-11)5-13(18-16)10-6-12(15)8-17-7-10/h1-4,6-8,13,18H,5,16H2. The van der Waals surface area contributed by atoms with E-state index in [4.69, 9.17) is 5.84 Å². The highest BCUT2D eigenvalue weighted by atomic mass is 79.9. The van der Waals surface area contributed by atoms with Crippen molar-refractivity contribution < 1.29 is 4.39 Å². The summed E-state index contributed by atoms with van der Waals surface area (Å²) in [4.78, 5) is 3.83. The van der Waals surface area contributed by atoms with Gasteiger partial charge in [-0.1, -0.05) is 28.1 Å². The Morgan fingerprint density at radius 3 is 2.83 bits per heavy atom. The van der Waals surface area contributed by atoms with Crippen LogP contribution < -0.4 is 11.3 Å². The Labute approximate surface area is 113 Å². The molecule has 0 fully saturated rings. The zero-order valence-corrected chi connectivity index (χ0v) is 11.2. The minimum absolute atomic E-state index is 0.164. The predicted octanol–water partition coefficient (Wildman–Crippen LogP) is 2.73. The molecule has 0 aliphatic rings. The van der Waals surface area contributed by atoms with Gasteiger partial charge in [0, 0.05) is 10.7 Å². The third kappa shape index (κ3) is 3.35. The van der Waals surface area contributed by atoms with Crippen molar-refractivity contribution in [2.24, 2.45) is 5.84 Å². The van der Waals surface area contributed by atoms with Gasteiger partial charge in [0.25, 0.3) is 0 Å². The number of nitrogens with one attached hydrogen (secondary N) is 1. The van der Waals surface area contributed by atoms with Gasteiger partial charge in [-0.05, 0) is 35.7 Å². The maximum Gasteiger partial charge on any atom is 0.141 e. The van der Waals surface area contributed by atoms with Crippen molar-refractivity contribution in [3.63, 3.8) is 0 Å². The molecule has 1 unspecified atom stereocenters. The summed E-state index contributed by atoms with van der Waals surface area (Å²) in [6, 6.07) is 9.20. The molecule has 0 aliphatic carbocycles. The molecule has 0 aliphatic heterocycles. The molecule has 5 heteroatoms. The van der Waals surface area contributed by atoms with Gasteiger partial charge in [-0.25, -0.2) is 4.39 Å². The van der Waals surface area contributed by atoms with E-state index in [1.165, 1.54) is 12.3 Å². The third-order valence-electron chi connectivity index (χ3n) is 2.66. The molecule has 0 saturated carbocycles. The fraction of sp³-hybridized carbons (Fsp3) is 0.154. The van der Waals surface area contributed by atoms with Crippen molar-refractivity contribution in [3.8, 4) is 0 Å². The Kier molecular flexibility index (Phi) is 4.41. The second-order valence-corrected chi connectivity index (χ2v) is 4.91. The van der Waals surface area contributed by atoms with E-state index in [-0.39, 0.29) is 11.9 Å². The number of nitrogens with zero attached hydrogens (tertiary/aromatic N) is 1. The van der Waals surface area contributed by atoms with E-state index < -0.39 is 0 Å². The Morgan fingerprint density at radius 1 is 1.33 bits per heavy atom. The third-order valence-corrected chi connectivity index (χ3v) is 3.15. The van der Waals surface area contributed by atoms with Gasteiger partial charge < -0.3 is 0 Å². The molecule has 0 amide bonds. The zero-order chi connectivity index (χ0) is 13.0. The fourth-order valence-electron chi connectivity index (χ4n) is 1.79. The van der Waals surface area contributed by atoms with E-state index in [1.54, 1.807) is 6.20 Å². The minimum atomic E-state index is -0.359. The number of hydrogen-bond acceptors (Lipinski definition) is 3. The lowest BCUT2D eigenvalue weighted by molar-refractivity contribution is 0.541. The van der Waals surface area contributed by atoms with Crippen LogP contribution in [0.3, 0.4) is 0 Å². The number of nitrogens with two attached hydrogens (primary N) is 1. The first kappa shape index (κ1) is 13.1. The highest BCUT2D eigenvalue weighted by Crippen LogP contribution is 2.20. The maximum atomic E-state index is 13.1.